The van der Waals surface area contributed by atoms with E-state index in [4.69, 9.17) is 4.98 Å². The summed E-state index contributed by atoms with van der Waals surface area (Å²) in [7, 11) is 0. The number of nitrogens with zero attached hydrogens (tertiary/aromatic N) is 2. The van der Waals surface area contributed by atoms with Crippen LogP contribution in [0.2, 0.25) is 0 Å². The molecule has 0 saturated heterocycles. The summed E-state index contributed by atoms with van der Waals surface area (Å²) in [6, 6.07) is 16.4. The quantitative estimate of drug-likeness (QED) is 0.381. The van der Waals surface area contributed by atoms with Gasteiger partial charge in [0.2, 0.25) is 0 Å². The van der Waals surface area contributed by atoms with Gasteiger partial charge in [-0.25, -0.2) is 9.78 Å². The highest BCUT2D eigenvalue weighted by atomic mass is 32.1. The summed E-state index contributed by atoms with van der Waals surface area (Å²) >= 11 is 1.58. The molecule has 0 fully saturated rings. The summed E-state index contributed by atoms with van der Waals surface area (Å²) in [4.78, 5) is 30.9. The molecule has 0 aliphatic rings. The Kier molecular flexibility index (Phi) is 8.38. The predicted molar refractivity (Wildman–Crippen MR) is 134 cm³/mol. The van der Waals surface area contributed by atoms with Crippen molar-refractivity contribution in [1.29, 1.82) is 0 Å². The SMILES string of the molecule is C=CCN(Cc1ccc(C(=O)NC(CC(C)C)C(=O)O)cc1)c1nc(-c2ccccc2)cs1. The van der Waals surface area contributed by atoms with Crippen LogP contribution in [0.15, 0.2) is 72.6 Å². The first-order valence-corrected chi connectivity index (χ1v) is 11.7. The van der Waals surface area contributed by atoms with E-state index in [1.54, 1.807) is 23.5 Å². The molecular weight excluding hydrogens is 434 g/mol. The lowest BCUT2D eigenvalue weighted by molar-refractivity contribution is -0.139. The van der Waals surface area contributed by atoms with Crippen LogP contribution in [-0.2, 0) is 11.3 Å². The van der Waals surface area contributed by atoms with Gasteiger partial charge in [0.15, 0.2) is 5.13 Å². The van der Waals surface area contributed by atoms with E-state index in [0.717, 1.165) is 22.0 Å². The predicted octanol–water partition coefficient (Wildman–Crippen LogP) is 5.23. The van der Waals surface area contributed by atoms with Gasteiger partial charge in [-0.2, -0.15) is 0 Å². The molecule has 1 atom stereocenters. The number of carbonyl (C=O) groups excluding carboxylic acids is 1. The number of amides is 1. The molecule has 0 spiro atoms. The summed E-state index contributed by atoms with van der Waals surface area (Å²) in [6.07, 6.45) is 2.22. The normalized spacial score (nSPS) is 11.7. The number of aromatic nitrogens is 1. The average Bonchev–Trinajstić information content (AvgIpc) is 3.29. The molecule has 1 heterocycles. The molecule has 2 aromatic carbocycles. The van der Waals surface area contributed by atoms with Gasteiger partial charge in [-0.05, 0) is 30.0 Å². The Balaban J connectivity index is 1.69. The maximum absolute atomic E-state index is 12.5. The van der Waals surface area contributed by atoms with Crippen LogP contribution in [0.3, 0.4) is 0 Å². The Hall–Kier alpha value is -3.45. The molecule has 3 aromatic rings. The number of rotatable bonds is 11. The van der Waals surface area contributed by atoms with Crippen molar-refractivity contribution >= 4 is 28.3 Å². The number of hydrogen-bond acceptors (Lipinski definition) is 5. The van der Waals surface area contributed by atoms with Gasteiger partial charge < -0.3 is 15.3 Å². The summed E-state index contributed by atoms with van der Waals surface area (Å²) in [5.74, 6) is -1.24. The molecule has 0 aliphatic heterocycles. The Bertz CT molecular complexity index is 1080. The second kappa shape index (κ2) is 11.4. The standard InChI is InChI=1S/C26H29N3O3S/c1-4-14-29(26-28-23(17-33-26)20-8-6-5-7-9-20)16-19-10-12-21(13-11-19)24(30)27-22(25(31)32)15-18(2)3/h4-13,17-18,22H,1,14-16H2,2-3H3,(H,27,30)(H,31,32). The number of benzene rings is 2. The van der Waals surface area contributed by atoms with Gasteiger partial charge in [-0.3, -0.25) is 4.79 Å². The first kappa shape index (κ1) is 24.2. The van der Waals surface area contributed by atoms with Gasteiger partial charge >= 0.3 is 5.97 Å². The van der Waals surface area contributed by atoms with Crippen molar-refractivity contribution in [3.8, 4) is 11.3 Å². The molecule has 33 heavy (non-hydrogen) atoms. The van der Waals surface area contributed by atoms with Crippen LogP contribution in [0, 0.1) is 5.92 Å². The fourth-order valence-electron chi connectivity index (χ4n) is 3.43. The van der Waals surface area contributed by atoms with Gasteiger partial charge in [0.05, 0.1) is 5.69 Å². The molecule has 7 heteroatoms. The topological polar surface area (TPSA) is 82.5 Å². The Labute approximate surface area is 198 Å². The molecule has 0 saturated carbocycles. The first-order valence-electron chi connectivity index (χ1n) is 10.9. The highest BCUT2D eigenvalue weighted by molar-refractivity contribution is 7.14. The highest BCUT2D eigenvalue weighted by Gasteiger charge is 2.21. The van der Waals surface area contributed by atoms with E-state index in [-0.39, 0.29) is 11.8 Å². The molecule has 3 rings (SSSR count). The molecule has 6 nitrogen and oxygen atoms in total. The number of thiazole rings is 1. The number of anilines is 1. The van der Waals surface area contributed by atoms with Gasteiger partial charge in [-0.15, -0.1) is 17.9 Å². The van der Waals surface area contributed by atoms with Crippen molar-refractivity contribution in [1.82, 2.24) is 10.3 Å². The number of hydrogen-bond donors (Lipinski definition) is 2. The van der Waals surface area contributed by atoms with Crippen LogP contribution in [-0.4, -0.2) is 34.6 Å². The van der Waals surface area contributed by atoms with Crippen molar-refractivity contribution in [3.05, 3.63) is 83.8 Å². The van der Waals surface area contributed by atoms with Crippen LogP contribution in [0.1, 0.15) is 36.2 Å². The molecular formula is C26H29N3O3S. The maximum Gasteiger partial charge on any atom is 0.326 e. The van der Waals surface area contributed by atoms with Crippen molar-refractivity contribution in [2.75, 3.05) is 11.4 Å². The van der Waals surface area contributed by atoms with E-state index < -0.39 is 12.0 Å². The van der Waals surface area contributed by atoms with Crippen molar-refractivity contribution < 1.29 is 14.7 Å². The molecule has 0 radical (unpaired) electrons. The zero-order valence-electron chi connectivity index (χ0n) is 18.9. The van der Waals surface area contributed by atoms with Crippen LogP contribution >= 0.6 is 11.3 Å². The first-order chi connectivity index (χ1) is 15.9. The third-order valence-corrected chi connectivity index (χ3v) is 5.98. The van der Waals surface area contributed by atoms with Crippen molar-refractivity contribution in [3.63, 3.8) is 0 Å². The van der Waals surface area contributed by atoms with E-state index in [1.165, 1.54) is 0 Å². The molecule has 0 bridgehead atoms. The second-order valence-corrected chi connectivity index (χ2v) is 9.08. The minimum absolute atomic E-state index is 0.165. The zero-order valence-corrected chi connectivity index (χ0v) is 19.7. The van der Waals surface area contributed by atoms with E-state index in [0.29, 0.717) is 25.1 Å². The van der Waals surface area contributed by atoms with Gasteiger partial charge in [0.25, 0.3) is 5.91 Å². The molecule has 1 unspecified atom stereocenters. The summed E-state index contributed by atoms with van der Waals surface area (Å²) in [5.41, 5.74) is 3.46. The smallest absolute Gasteiger partial charge is 0.326 e. The molecule has 1 aromatic heterocycles. The van der Waals surface area contributed by atoms with Crippen LogP contribution in [0.25, 0.3) is 11.3 Å². The maximum atomic E-state index is 12.5. The zero-order chi connectivity index (χ0) is 23.8. The molecule has 0 aliphatic carbocycles. The third-order valence-electron chi connectivity index (χ3n) is 5.08. The Morgan fingerprint density at radius 3 is 2.45 bits per heavy atom. The monoisotopic (exact) mass is 463 g/mol. The lowest BCUT2D eigenvalue weighted by Gasteiger charge is -2.20. The Morgan fingerprint density at radius 2 is 1.85 bits per heavy atom. The summed E-state index contributed by atoms with van der Waals surface area (Å²) < 4.78 is 0. The van der Waals surface area contributed by atoms with Crippen molar-refractivity contribution in [2.45, 2.75) is 32.9 Å². The minimum atomic E-state index is -1.02. The number of carboxylic acid groups (broad SMARTS) is 1. The molecule has 172 valence electrons. The van der Waals surface area contributed by atoms with E-state index in [2.05, 4.69) is 16.8 Å². The number of aliphatic carboxylic acids is 1. The summed E-state index contributed by atoms with van der Waals surface area (Å²) in [5, 5.41) is 14.9. The van der Waals surface area contributed by atoms with E-state index >= 15 is 0 Å². The third kappa shape index (κ3) is 6.76. The molecule has 1 amide bonds. The lowest BCUT2D eigenvalue weighted by atomic mass is 10.0. The Morgan fingerprint density at radius 1 is 1.15 bits per heavy atom. The fourth-order valence-corrected chi connectivity index (χ4v) is 4.28. The average molecular weight is 464 g/mol. The highest BCUT2D eigenvalue weighted by Crippen LogP contribution is 2.28. The van der Waals surface area contributed by atoms with Crippen LogP contribution in [0.5, 0.6) is 0 Å². The summed E-state index contributed by atoms with van der Waals surface area (Å²) in [6.45, 7) is 8.97. The fraction of sp³-hybridized carbons (Fsp3) is 0.269. The van der Waals surface area contributed by atoms with Gasteiger partial charge in [0.1, 0.15) is 6.04 Å². The largest absolute Gasteiger partial charge is 0.480 e. The van der Waals surface area contributed by atoms with Crippen LogP contribution < -0.4 is 10.2 Å². The number of carboxylic acids is 1. The number of nitrogens with one attached hydrogen (secondary N) is 1. The minimum Gasteiger partial charge on any atom is -0.480 e. The van der Waals surface area contributed by atoms with E-state index in [1.807, 2.05) is 67.8 Å². The number of carbonyl (C=O) groups is 2. The second-order valence-electron chi connectivity index (χ2n) is 8.24. The van der Waals surface area contributed by atoms with Crippen molar-refractivity contribution in [2.24, 2.45) is 5.92 Å². The van der Waals surface area contributed by atoms with Gasteiger partial charge in [-0.1, -0.05) is 62.4 Å². The lowest BCUT2D eigenvalue weighted by Crippen LogP contribution is -2.41. The van der Waals surface area contributed by atoms with Gasteiger partial charge in [0, 0.05) is 29.6 Å². The van der Waals surface area contributed by atoms with Crippen LogP contribution in [0.4, 0.5) is 5.13 Å². The van der Waals surface area contributed by atoms with E-state index in [9.17, 15) is 14.7 Å². The molecule has 2 N–H and O–H groups in total.